The maximum Gasteiger partial charge on any atom is 0.302 e. The number of benzene rings is 1. The summed E-state index contributed by atoms with van der Waals surface area (Å²) in [5, 5.41) is 0. The number of rotatable bonds is 7. The maximum atomic E-state index is 12.7. The Hall–Kier alpha value is -2.53. The Balaban J connectivity index is 1.10. The van der Waals surface area contributed by atoms with Gasteiger partial charge in [0, 0.05) is 57.3 Å². The first-order chi connectivity index (χ1) is 23.8. The van der Waals surface area contributed by atoms with E-state index < -0.39 is 11.6 Å². The highest BCUT2D eigenvalue weighted by Crippen LogP contribution is 2.70. The van der Waals surface area contributed by atoms with Crippen LogP contribution >= 0.6 is 0 Å². The van der Waals surface area contributed by atoms with E-state index in [-0.39, 0.29) is 76.4 Å². The number of nitrogens with two attached hydrogens (primary N) is 1. The second-order valence-corrected chi connectivity index (χ2v) is 17.3. The summed E-state index contributed by atoms with van der Waals surface area (Å²) in [6.07, 6.45) is 9.01. The van der Waals surface area contributed by atoms with E-state index in [1.54, 1.807) is 0 Å². The van der Waals surface area contributed by atoms with Crippen LogP contribution in [-0.4, -0.2) is 41.6 Å². The first kappa shape index (κ1) is 35.9. The van der Waals surface area contributed by atoms with Gasteiger partial charge in [-0.3, -0.25) is 14.4 Å². The number of primary amides is 1. The van der Waals surface area contributed by atoms with Gasteiger partial charge in [0.05, 0.1) is 0 Å². The second kappa shape index (κ2) is 13.5. The second-order valence-electron chi connectivity index (χ2n) is 17.3. The summed E-state index contributed by atoms with van der Waals surface area (Å²) >= 11 is 0. The lowest BCUT2D eigenvalue weighted by molar-refractivity contribution is -0.665. The molecule has 50 heavy (non-hydrogen) atoms. The van der Waals surface area contributed by atoms with Crippen LogP contribution in [0.15, 0.2) is 30.3 Å². The van der Waals surface area contributed by atoms with E-state index >= 15 is 0 Å². The fourth-order valence-electron chi connectivity index (χ4n) is 12.1. The van der Waals surface area contributed by atoms with Crippen LogP contribution in [0.2, 0.25) is 0 Å². The molecule has 0 bridgehead atoms. The molecule has 1 amide bonds. The molecule has 276 valence electrons. The van der Waals surface area contributed by atoms with Crippen molar-refractivity contribution in [1.29, 1.82) is 0 Å². The minimum absolute atomic E-state index is 0.103. The number of hydrogen-bond donors (Lipinski definition) is 1. The first-order valence-corrected chi connectivity index (χ1v) is 19.2. The molecule has 1 aromatic carbocycles. The van der Waals surface area contributed by atoms with Crippen molar-refractivity contribution in [2.75, 3.05) is 0 Å². The number of fused-ring (bicyclic) bond motifs is 5. The van der Waals surface area contributed by atoms with Crippen LogP contribution in [0, 0.1) is 46.3 Å². The van der Waals surface area contributed by atoms with Gasteiger partial charge in [-0.2, -0.15) is 19.6 Å². The van der Waals surface area contributed by atoms with Crippen molar-refractivity contribution < 1.29 is 43.4 Å². The molecule has 5 aliphatic carbocycles. The predicted molar refractivity (Wildman–Crippen MR) is 182 cm³/mol. The van der Waals surface area contributed by atoms with Crippen LogP contribution in [-0.2, 0) is 43.4 Å². The third-order valence-electron chi connectivity index (χ3n) is 14.7. The lowest BCUT2D eigenvalue weighted by atomic mass is 9.42. The van der Waals surface area contributed by atoms with E-state index in [1.807, 2.05) is 6.07 Å². The number of carbonyl (C=O) groups is 3. The van der Waals surface area contributed by atoms with Crippen LogP contribution < -0.4 is 5.73 Å². The van der Waals surface area contributed by atoms with Crippen molar-refractivity contribution in [3.05, 3.63) is 35.9 Å². The van der Waals surface area contributed by atoms with Gasteiger partial charge in [-0.15, -0.1) is 0 Å². The minimum atomic E-state index is -1.04. The zero-order valence-electron chi connectivity index (χ0n) is 30.5. The smallest absolute Gasteiger partial charge is 0.302 e. The lowest BCUT2D eigenvalue weighted by Gasteiger charge is -2.65. The van der Waals surface area contributed by atoms with Crippen LogP contribution in [0.5, 0.6) is 0 Å². The zero-order valence-corrected chi connectivity index (χ0v) is 30.5. The van der Waals surface area contributed by atoms with Crippen LogP contribution in [0.1, 0.15) is 130 Å². The molecule has 5 saturated carbocycles. The normalized spacial score (nSPS) is 44.4. The average molecular weight is 696 g/mol. The summed E-state index contributed by atoms with van der Waals surface area (Å²) in [4.78, 5) is 62.0. The monoisotopic (exact) mass is 695 g/mol. The number of ether oxygens (including phenoxy) is 2. The summed E-state index contributed by atoms with van der Waals surface area (Å²) in [6, 6.07) is 10.6. The van der Waals surface area contributed by atoms with Crippen LogP contribution in [0.3, 0.4) is 0 Å². The van der Waals surface area contributed by atoms with E-state index in [4.69, 9.17) is 34.8 Å². The van der Waals surface area contributed by atoms with Crippen molar-refractivity contribution in [3.8, 4) is 0 Å². The third-order valence-corrected chi connectivity index (χ3v) is 14.7. The van der Waals surface area contributed by atoms with E-state index in [0.717, 1.165) is 32.1 Å². The van der Waals surface area contributed by atoms with Gasteiger partial charge in [-0.25, -0.2) is 0 Å². The van der Waals surface area contributed by atoms with Gasteiger partial charge in [0.2, 0.25) is 17.5 Å². The van der Waals surface area contributed by atoms with Gasteiger partial charge in [0.15, 0.2) is 0 Å². The van der Waals surface area contributed by atoms with Crippen molar-refractivity contribution in [2.45, 2.75) is 148 Å². The highest BCUT2D eigenvalue weighted by Gasteiger charge is 2.69. The van der Waals surface area contributed by atoms with E-state index in [1.165, 1.54) is 19.4 Å². The van der Waals surface area contributed by atoms with Crippen molar-refractivity contribution in [1.82, 2.24) is 0 Å². The van der Waals surface area contributed by atoms with Crippen molar-refractivity contribution in [2.24, 2.45) is 52.1 Å². The molecule has 4 unspecified atom stereocenters. The third kappa shape index (κ3) is 6.30. The van der Waals surface area contributed by atoms with Gasteiger partial charge in [-0.05, 0) is 97.9 Å². The summed E-state index contributed by atoms with van der Waals surface area (Å²) in [6.45, 7) is 9.86. The summed E-state index contributed by atoms with van der Waals surface area (Å²) in [5.74, 6) is -1.25. The Bertz CT molecular complexity index is 1420. The Morgan fingerprint density at radius 2 is 1.50 bits per heavy atom. The van der Waals surface area contributed by atoms with Crippen LogP contribution in [0.4, 0.5) is 0 Å². The SMILES string of the molecule is CC(=O)O[C@H]1CC2C(C3CC[C@H](C(C)CCC(N)=O)[C@]31C)[C@H](OC(C)=O)C[C@@H]1CC3(CC[C@]21C)OOC1(CCC(c2ccccc2)CC1)OO3. The zero-order chi connectivity index (χ0) is 35.5. The van der Waals surface area contributed by atoms with E-state index in [9.17, 15) is 14.4 Å². The Morgan fingerprint density at radius 1 is 0.840 bits per heavy atom. The molecule has 1 saturated heterocycles. The van der Waals surface area contributed by atoms with Crippen molar-refractivity contribution in [3.63, 3.8) is 0 Å². The highest BCUT2D eigenvalue weighted by molar-refractivity contribution is 5.73. The molecule has 1 heterocycles. The first-order valence-electron chi connectivity index (χ1n) is 19.2. The maximum absolute atomic E-state index is 12.7. The summed E-state index contributed by atoms with van der Waals surface area (Å²) in [5.41, 5.74) is 6.45. The number of amides is 1. The number of esters is 2. The van der Waals surface area contributed by atoms with Gasteiger partial charge >= 0.3 is 11.9 Å². The fourth-order valence-corrected chi connectivity index (χ4v) is 12.1. The Labute approximate surface area is 296 Å². The highest BCUT2D eigenvalue weighted by atomic mass is 17.4. The molecule has 0 aromatic heterocycles. The number of carbonyl (C=O) groups excluding carboxylic acids is 3. The minimum Gasteiger partial charge on any atom is -0.462 e. The number of hydrogen-bond acceptors (Lipinski definition) is 9. The van der Waals surface area contributed by atoms with Gasteiger partial charge < -0.3 is 15.2 Å². The summed E-state index contributed by atoms with van der Waals surface area (Å²) in [7, 11) is 0. The molecule has 2 N–H and O–H groups in total. The van der Waals surface area contributed by atoms with E-state index in [2.05, 4.69) is 45.0 Å². The van der Waals surface area contributed by atoms with Crippen LogP contribution in [0.25, 0.3) is 0 Å². The van der Waals surface area contributed by atoms with Gasteiger partial charge in [0.1, 0.15) is 12.2 Å². The molecule has 10 heteroatoms. The van der Waals surface area contributed by atoms with Gasteiger partial charge in [-0.1, -0.05) is 51.1 Å². The molecule has 1 aromatic rings. The van der Waals surface area contributed by atoms with Crippen molar-refractivity contribution >= 4 is 17.8 Å². The predicted octanol–water partition coefficient (Wildman–Crippen LogP) is 7.29. The molecule has 6 aliphatic rings. The molecule has 0 radical (unpaired) electrons. The molecule has 2 spiro atoms. The molecule has 1 aliphatic heterocycles. The fraction of sp³-hybridized carbons (Fsp3) is 0.775. The molecule has 7 rings (SSSR count). The Kier molecular flexibility index (Phi) is 9.66. The average Bonchev–Trinajstić information content (AvgIpc) is 3.45. The topological polar surface area (TPSA) is 133 Å². The molecule has 6 fully saturated rings. The standard InChI is InChI=1S/C40H57NO9/c1-24(11-14-35(41)44)30-12-13-31-36-32(22-34(38(30,31)5)46-26(3)43)37(4)19-20-40(23-29(37)21-33(36)45-25(2)42)49-47-39(48-50-40)17-15-28(16-18-39)27-9-7-6-8-10-27/h6-10,24,28-34,36H,11-23H2,1-5H3,(H2,41,44)/t24?,28?,29-,30-,31?,32?,33-,34+,36?,37+,38-,39?,40?/m1/s1. The summed E-state index contributed by atoms with van der Waals surface area (Å²) < 4.78 is 12.5. The molecule has 10 nitrogen and oxygen atoms in total. The molecule has 10 atom stereocenters. The largest absolute Gasteiger partial charge is 0.462 e. The van der Waals surface area contributed by atoms with Gasteiger partial charge in [0.25, 0.3) is 0 Å². The lowest BCUT2D eigenvalue weighted by Crippen LogP contribution is -2.65. The van der Waals surface area contributed by atoms with E-state index in [0.29, 0.717) is 57.3 Å². The Morgan fingerprint density at radius 3 is 2.14 bits per heavy atom. The molecular formula is C40H57NO9. The quantitative estimate of drug-likeness (QED) is 0.231. The molecular weight excluding hydrogens is 638 g/mol.